The average Bonchev–Trinajstić information content (AvgIpc) is 3.52. The van der Waals surface area contributed by atoms with Gasteiger partial charge in [0.25, 0.3) is 0 Å². The number of nitrogens with zero attached hydrogens (tertiary/aromatic N) is 1. The van der Waals surface area contributed by atoms with Crippen molar-refractivity contribution >= 4 is 46.3 Å². The number of halogens is 4. The number of hydrogen-bond acceptors (Lipinski definition) is 4. The quantitative estimate of drug-likeness (QED) is 0.385. The van der Waals surface area contributed by atoms with Crippen LogP contribution in [-0.2, 0) is 17.5 Å². The molecule has 3 aliphatic rings. The highest BCUT2D eigenvalue weighted by molar-refractivity contribution is 8.00. The summed E-state index contributed by atoms with van der Waals surface area (Å²) in [7, 11) is 0. The van der Waals surface area contributed by atoms with Gasteiger partial charge in [-0.15, -0.1) is 11.8 Å². The molecule has 4 unspecified atom stereocenters. The molecule has 0 radical (unpaired) electrons. The standard InChI is InChI=1S/C26H22ClF3N2O2S2/c27-16-9-7-13(8-10-16)20-21-14-5-6-15(11-14)22(21)35-24-23(20)36-25(34)32(24)12-19(33)31-18-4-2-1-3-17(18)26(28,29)30/h1-4,7-10,14-15,20-22H,5-6,11-12H2,(H,31,33)/t14?,15?,20-,21?,22?/m0/s1. The molecule has 6 rings (SSSR count). The Labute approximate surface area is 218 Å². The second-order valence-electron chi connectivity index (χ2n) is 9.74. The number of aromatic nitrogens is 1. The third kappa shape index (κ3) is 4.09. The van der Waals surface area contributed by atoms with Crippen LogP contribution in [0.2, 0.25) is 5.02 Å². The summed E-state index contributed by atoms with van der Waals surface area (Å²) in [5.41, 5.74) is -0.118. The van der Waals surface area contributed by atoms with Gasteiger partial charge in [-0.3, -0.25) is 14.2 Å². The van der Waals surface area contributed by atoms with Gasteiger partial charge in [0, 0.05) is 21.1 Å². The lowest BCUT2D eigenvalue weighted by molar-refractivity contribution is -0.137. The number of amides is 1. The van der Waals surface area contributed by atoms with Crippen LogP contribution in [0, 0.1) is 17.8 Å². The number of rotatable bonds is 4. The zero-order valence-electron chi connectivity index (χ0n) is 18.9. The monoisotopic (exact) mass is 550 g/mol. The Morgan fingerprint density at radius 1 is 1.08 bits per heavy atom. The summed E-state index contributed by atoms with van der Waals surface area (Å²) in [5, 5.41) is 4.15. The minimum atomic E-state index is -4.60. The first-order valence-electron chi connectivity index (χ1n) is 11.8. The van der Waals surface area contributed by atoms with Crippen molar-refractivity contribution in [2.45, 2.75) is 48.2 Å². The molecule has 2 saturated carbocycles. The summed E-state index contributed by atoms with van der Waals surface area (Å²) < 4.78 is 41.6. The van der Waals surface area contributed by atoms with Crippen LogP contribution < -0.4 is 10.2 Å². The summed E-state index contributed by atoms with van der Waals surface area (Å²) in [6.07, 6.45) is -1.05. The number of anilines is 1. The first-order valence-corrected chi connectivity index (χ1v) is 13.9. The van der Waals surface area contributed by atoms with Crippen LogP contribution in [0.25, 0.3) is 0 Å². The van der Waals surface area contributed by atoms with E-state index in [4.69, 9.17) is 11.6 Å². The first kappa shape index (κ1) is 24.1. The molecule has 2 heterocycles. The largest absolute Gasteiger partial charge is 0.418 e. The Hall–Kier alpha value is -2.23. The highest BCUT2D eigenvalue weighted by Crippen LogP contribution is 2.64. The van der Waals surface area contributed by atoms with E-state index in [9.17, 15) is 22.8 Å². The van der Waals surface area contributed by atoms with Gasteiger partial charge in [-0.05, 0) is 66.8 Å². The van der Waals surface area contributed by atoms with Gasteiger partial charge >= 0.3 is 11.0 Å². The predicted octanol–water partition coefficient (Wildman–Crippen LogP) is 6.87. The van der Waals surface area contributed by atoms with Crippen LogP contribution in [0.4, 0.5) is 18.9 Å². The van der Waals surface area contributed by atoms with Crippen molar-refractivity contribution in [3.05, 3.63) is 79.2 Å². The van der Waals surface area contributed by atoms with Crippen LogP contribution in [0.5, 0.6) is 0 Å². The van der Waals surface area contributed by atoms with Crippen molar-refractivity contribution in [1.29, 1.82) is 0 Å². The predicted molar refractivity (Wildman–Crippen MR) is 136 cm³/mol. The van der Waals surface area contributed by atoms with Crippen molar-refractivity contribution in [3.8, 4) is 0 Å². The molecule has 3 aromatic rings. The Balaban J connectivity index is 1.35. The van der Waals surface area contributed by atoms with Gasteiger partial charge in [0.1, 0.15) is 6.54 Å². The van der Waals surface area contributed by atoms with E-state index in [2.05, 4.69) is 5.32 Å². The average molecular weight is 551 g/mol. The van der Waals surface area contributed by atoms with Gasteiger partial charge in [-0.25, -0.2) is 0 Å². The number of para-hydroxylation sites is 1. The van der Waals surface area contributed by atoms with Crippen molar-refractivity contribution in [1.82, 2.24) is 4.57 Å². The van der Waals surface area contributed by atoms with Crippen molar-refractivity contribution in [2.24, 2.45) is 17.8 Å². The first-order chi connectivity index (χ1) is 17.2. The van der Waals surface area contributed by atoms with Gasteiger partial charge in [0.05, 0.1) is 16.3 Å². The molecule has 5 atom stereocenters. The van der Waals surface area contributed by atoms with Crippen molar-refractivity contribution in [3.63, 3.8) is 0 Å². The SMILES string of the molecule is O=C(Cn1c2c(sc1=O)[C@@H](c1ccc(Cl)cc1)C1C3CCC(C3)C1S2)Nc1ccccc1C(F)(F)F. The topological polar surface area (TPSA) is 51.1 Å². The highest BCUT2D eigenvalue weighted by Gasteiger charge is 2.55. The number of thiazole rings is 1. The Morgan fingerprint density at radius 3 is 2.56 bits per heavy atom. The van der Waals surface area contributed by atoms with Crippen LogP contribution in [0.15, 0.2) is 58.4 Å². The Morgan fingerprint density at radius 2 is 1.81 bits per heavy atom. The molecule has 1 aromatic heterocycles. The molecule has 1 N–H and O–H groups in total. The van der Waals surface area contributed by atoms with Gasteiger partial charge in [-0.2, -0.15) is 13.2 Å². The summed E-state index contributed by atoms with van der Waals surface area (Å²) >= 11 is 8.98. The molecule has 2 fully saturated rings. The molecule has 188 valence electrons. The van der Waals surface area contributed by atoms with Gasteiger partial charge in [-0.1, -0.05) is 47.2 Å². The third-order valence-electron chi connectivity index (χ3n) is 7.73. The van der Waals surface area contributed by atoms with Crippen molar-refractivity contribution < 1.29 is 18.0 Å². The second kappa shape index (κ2) is 8.96. The number of thioether (sulfide) groups is 1. The molecule has 36 heavy (non-hydrogen) atoms. The Kier molecular flexibility index (Phi) is 6.00. The van der Waals surface area contributed by atoms with E-state index in [-0.39, 0.29) is 23.0 Å². The van der Waals surface area contributed by atoms with E-state index in [0.717, 1.165) is 32.9 Å². The van der Waals surface area contributed by atoms with Crippen LogP contribution in [0.1, 0.15) is 41.2 Å². The van der Waals surface area contributed by atoms with E-state index in [0.29, 0.717) is 28.0 Å². The maximum absolute atomic E-state index is 13.4. The molecule has 0 spiro atoms. The second-order valence-corrected chi connectivity index (χ2v) is 12.3. The summed E-state index contributed by atoms with van der Waals surface area (Å²) in [6, 6.07) is 12.6. The molecule has 1 aliphatic heterocycles. The van der Waals surface area contributed by atoms with E-state index >= 15 is 0 Å². The van der Waals surface area contributed by atoms with Gasteiger partial charge < -0.3 is 5.32 Å². The molecule has 1 amide bonds. The molecule has 0 saturated heterocycles. The number of nitrogens with one attached hydrogen (secondary N) is 1. The smallest absolute Gasteiger partial charge is 0.324 e. The molecule has 2 aromatic carbocycles. The maximum atomic E-state index is 13.4. The number of alkyl halides is 3. The lowest BCUT2D eigenvalue weighted by Gasteiger charge is -2.40. The molecule has 2 bridgehead atoms. The zero-order valence-corrected chi connectivity index (χ0v) is 21.3. The fourth-order valence-corrected chi connectivity index (χ4v) is 9.58. The Bertz CT molecular complexity index is 1390. The minimum absolute atomic E-state index is 0.0479. The number of benzene rings is 2. The highest BCUT2D eigenvalue weighted by atomic mass is 35.5. The third-order valence-corrected chi connectivity index (χ3v) is 10.8. The molecule has 10 heteroatoms. The number of fused-ring (bicyclic) bond motifs is 6. The number of carbonyl (C=O) groups excluding carboxylic acids is 1. The number of carbonyl (C=O) groups is 1. The van der Waals surface area contributed by atoms with Crippen LogP contribution >= 0.6 is 34.7 Å². The van der Waals surface area contributed by atoms with Gasteiger partial charge in [0.2, 0.25) is 5.91 Å². The zero-order chi connectivity index (χ0) is 25.2. The van der Waals surface area contributed by atoms with E-state index in [1.54, 1.807) is 11.8 Å². The summed E-state index contributed by atoms with van der Waals surface area (Å²) in [4.78, 5) is 26.7. The molecule has 4 nitrogen and oxygen atoms in total. The van der Waals surface area contributed by atoms with Gasteiger partial charge in [0.15, 0.2) is 0 Å². The summed E-state index contributed by atoms with van der Waals surface area (Å²) in [5.74, 6) is 0.986. The minimum Gasteiger partial charge on any atom is -0.324 e. The lowest BCUT2D eigenvalue weighted by Crippen LogP contribution is -2.34. The van der Waals surface area contributed by atoms with E-state index in [1.807, 2.05) is 24.3 Å². The normalized spacial score (nSPS) is 26.5. The van der Waals surface area contributed by atoms with Crippen molar-refractivity contribution in [2.75, 3.05) is 5.32 Å². The summed E-state index contributed by atoms with van der Waals surface area (Å²) in [6.45, 7) is -0.331. The van der Waals surface area contributed by atoms with Crippen LogP contribution in [-0.4, -0.2) is 15.7 Å². The maximum Gasteiger partial charge on any atom is 0.418 e. The molecular weight excluding hydrogens is 529 g/mol. The molecule has 2 aliphatic carbocycles. The fourth-order valence-electron chi connectivity index (χ4n) is 6.30. The van der Waals surface area contributed by atoms with E-state index < -0.39 is 17.6 Å². The van der Waals surface area contributed by atoms with E-state index in [1.165, 1.54) is 42.0 Å². The molecular formula is C26H22ClF3N2O2S2. The fraction of sp³-hybridized carbons (Fsp3) is 0.385. The lowest BCUT2D eigenvalue weighted by atomic mass is 9.75. The van der Waals surface area contributed by atoms with Crippen LogP contribution in [0.3, 0.4) is 0 Å². The number of hydrogen-bond donors (Lipinski definition) is 1.